The highest BCUT2D eigenvalue weighted by Gasteiger charge is 2.16. The van der Waals surface area contributed by atoms with Crippen LogP contribution < -0.4 is 0 Å². The second-order valence-corrected chi connectivity index (χ2v) is 5.36. The van der Waals surface area contributed by atoms with Crippen LogP contribution in [-0.2, 0) is 0 Å². The Bertz CT molecular complexity index is 956. The monoisotopic (exact) mass is 313 g/mol. The highest BCUT2D eigenvalue weighted by Crippen LogP contribution is 2.29. The first-order valence-corrected chi connectivity index (χ1v) is 7.05. The first-order chi connectivity index (χ1) is 10.7. The van der Waals surface area contributed by atoms with Crippen molar-refractivity contribution < 1.29 is 9.34 Å². The third-order valence-electron chi connectivity index (χ3n) is 3.06. The topological polar surface area (TPSA) is 99.4 Å². The standard InChI is InChI=1S/C13H7N5O3S/c19-18(20)9-5-3-8(4-6-9)12-16-17-11(10-2-1-7-21-10)14-15-13(17)22-12/h1-7H. The molecular weight excluding hydrogens is 306 g/mol. The van der Waals surface area contributed by atoms with Crippen molar-refractivity contribution in [3.05, 3.63) is 52.8 Å². The third-order valence-corrected chi connectivity index (χ3v) is 4.01. The zero-order valence-electron chi connectivity index (χ0n) is 10.9. The number of fused-ring (bicyclic) bond motifs is 1. The molecule has 3 heterocycles. The quantitative estimate of drug-likeness (QED) is 0.426. The maximum Gasteiger partial charge on any atom is 0.269 e. The van der Waals surface area contributed by atoms with Crippen LogP contribution in [0.2, 0.25) is 0 Å². The number of nitro groups is 1. The summed E-state index contributed by atoms with van der Waals surface area (Å²) >= 11 is 1.35. The Kier molecular flexibility index (Phi) is 2.73. The highest BCUT2D eigenvalue weighted by atomic mass is 32.1. The molecule has 4 rings (SSSR count). The molecular formula is C13H7N5O3S. The Labute approximate surface area is 126 Å². The summed E-state index contributed by atoms with van der Waals surface area (Å²) in [4.78, 5) is 10.9. The van der Waals surface area contributed by atoms with Crippen LogP contribution in [0.3, 0.4) is 0 Å². The van der Waals surface area contributed by atoms with E-state index in [1.807, 2.05) is 0 Å². The largest absolute Gasteiger partial charge is 0.461 e. The summed E-state index contributed by atoms with van der Waals surface area (Å²) in [6.45, 7) is 0. The van der Waals surface area contributed by atoms with E-state index in [2.05, 4.69) is 15.3 Å². The normalized spacial score (nSPS) is 11.1. The van der Waals surface area contributed by atoms with Gasteiger partial charge in [0.15, 0.2) is 5.76 Å². The average Bonchev–Trinajstić information content (AvgIpc) is 3.23. The molecule has 8 nitrogen and oxygen atoms in total. The van der Waals surface area contributed by atoms with E-state index in [0.717, 1.165) is 5.56 Å². The van der Waals surface area contributed by atoms with E-state index in [4.69, 9.17) is 4.42 Å². The van der Waals surface area contributed by atoms with Crippen molar-refractivity contribution in [3.8, 4) is 22.2 Å². The predicted molar refractivity (Wildman–Crippen MR) is 78.5 cm³/mol. The van der Waals surface area contributed by atoms with E-state index in [1.165, 1.54) is 23.5 Å². The summed E-state index contributed by atoms with van der Waals surface area (Å²) in [5, 5.41) is 24.0. The van der Waals surface area contributed by atoms with Crippen LogP contribution in [0.4, 0.5) is 5.69 Å². The number of non-ortho nitro benzene ring substituents is 1. The van der Waals surface area contributed by atoms with Gasteiger partial charge in [0.05, 0.1) is 11.2 Å². The maximum absolute atomic E-state index is 10.7. The van der Waals surface area contributed by atoms with E-state index in [0.29, 0.717) is 21.6 Å². The van der Waals surface area contributed by atoms with E-state index in [9.17, 15) is 10.1 Å². The molecule has 108 valence electrons. The number of furan rings is 1. The van der Waals surface area contributed by atoms with Gasteiger partial charge in [-0.1, -0.05) is 11.3 Å². The zero-order chi connectivity index (χ0) is 15.1. The molecule has 0 saturated carbocycles. The van der Waals surface area contributed by atoms with Crippen molar-refractivity contribution >= 4 is 22.0 Å². The van der Waals surface area contributed by atoms with Gasteiger partial charge in [-0.05, 0) is 24.3 Å². The molecule has 0 bridgehead atoms. The Hall–Kier alpha value is -3.07. The number of hydrogen-bond donors (Lipinski definition) is 0. The molecule has 0 N–H and O–H groups in total. The van der Waals surface area contributed by atoms with Gasteiger partial charge in [0.1, 0.15) is 5.01 Å². The first kappa shape index (κ1) is 12.7. The summed E-state index contributed by atoms with van der Waals surface area (Å²) in [7, 11) is 0. The molecule has 0 aliphatic carbocycles. The van der Waals surface area contributed by atoms with Crippen LogP contribution in [0.15, 0.2) is 47.1 Å². The van der Waals surface area contributed by atoms with Gasteiger partial charge < -0.3 is 4.42 Å². The summed E-state index contributed by atoms with van der Waals surface area (Å²) in [5.41, 5.74) is 0.828. The van der Waals surface area contributed by atoms with Crippen LogP contribution in [0.5, 0.6) is 0 Å². The van der Waals surface area contributed by atoms with Crippen molar-refractivity contribution in [2.24, 2.45) is 0 Å². The van der Waals surface area contributed by atoms with Crippen LogP contribution in [0.1, 0.15) is 0 Å². The minimum atomic E-state index is -0.433. The van der Waals surface area contributed by atoms with Gasteiger partial charge in [-0.25, -0.2) is 0 Å². The van der Waals surface area contributed by atoms with Crippen LogP contribution in [0, 0.1) is 10.1 Å². The smallest absolute Gasteiger partial charge is 0.269 e. The minimum Gasteiger partial charge on any atom is -0.461 e. The summed E-state index contributed by atoms with van der Waals surface area (Å²) in [6, 6.07) is 9.77. The SMILES string of the molecule is O=[N+]([O-])c1ccc(-c2nn3c(-c4ccco4)nnc3s2)cc1. The van der Waals surface area contributed by atoms with E-state index in [1.54, 1.807) is 35.0 Å². The molecule has 0 atom stereocenters. The number of rotatable bonds is 3. The van der Waals surface area contributed by atoms with Crippen molar-refractivity contribution in [2.45, 2.75) is 0 Å². The maximum atomic E-state index is 10.7. The minimum absolute atomic E-state index is 0.0445. The van der Waals surface area contributed by atoms with Gasteiger partial charge in [-0.15, -0.1) is 10.2 Å². The fourth-order valence-electron chi connectivity index (χ4n) is 2.02. The molecule has 22 heavy (non-hydrogen) atoms. The van der Waals surface area contributed by atoms with Crippen LogP contribution in [-0.4, -0.2) is 24.7 Å². The molecule has 4 aromatic rings. The van der Waals surface area contributed by atoms with Crippen molar-refractivity contribution in [1.82, 2.24) is 19.8 Å². The molecule has 3 aromatic heterocycles. The number of hydrogen-bond acceptors (Lipinski definition) is 7. The Morgan fingerprint density at radius 3 is 2.68 bits per heavy atom. The lowest BCUT2D eigenvalue weighted by atomic mass is 10.2. The van der Waals surface area contributed by atoms with Gasteiger partial charge in [-0.3, -0.25) is 10.1 Å². The number of nitro benzene ring substituents is 1. The fourth-order valence-corrected chi connectivity index (χ4v) is 2.86. The second-order valence-electron chi connectivity index (χ2n) is 4.41. The predicted octanol–water partition coefficient (Wildman–Crippen LogP) is 3.02. The number of aromatic nitrogens is 4. The number of benzene rings is 1. The van der Waals surface area contributed by atoms with Gasteiger partial charge in [0.25, 0.3) is 5.69 Å². The average molecular weight is 313 g/mol. The molecule has 0 amide bonds. The van der Waals surface area contributed by atoms with Crippen molar-refractivity contribution in [2.75, 3.05) is 0 Å². The molecule has 0 fully saturated rings. The van der Waals surface area contributed by atoms with Crippen molar-refractivity contribution in [3.63, 3.8) is 0 Å². The summed E-state index contributed by atoms with van der Waals surface area (Å²) in [5.74, 6) is 1.09. The summed E-state index contributed by atoms with van der Waals surface area (Å²) < 4.78 is 6.91. The van der Waals surface area contributed by atoms with Gasteiger partial charge in [0.2, 0.25) is 10.8 Å². The van der Waals surface area contributed by atoms with E-state index < -0.39 is 4.92 Å². The van der Waals surface area contributed by atoms with Crippen LogP contribution >= 0.6 is 11.3 Å². The molecule has 0 aliphatic heterocycles. The molecule has 0 unspecified atom stereocenters. The lowest BCUT2D eigenvalue weighted by Crippen LogP contribution is -1.90. The second kappa shape index (κ2) is 4.74. The Morgan fingerprint density at radius 1 is 1.18 bits per heavy atom. The van der Waals surface area contributed by atoms with Gasteiger partial charge in [0, 0.05) is 17.7 Å². The lowest BCUT2D eigenvalue weighted by Gasteiger charge is -1.95. The van der Waals surface area contributed by atoms with Gasteiger partial charge in [-0.2, -0.15) is 9.61 Å². The van der Waals surface area contributed by atoms with E-state index >= 15 is 0 Å². The molecule has 0 saturated heterocycles. The fraction of sp³-hybridized carbons (Fsp3) is 0. The van der Waals surface area contributed by atoms with E-state index in [-0.39, 0.29) is 5.69 Å². The highest BCUT2D eigenvalue weighted by molar-refractivity contribution is 7.19. The third kappa shape index (κ3) is 1.95. The summed E-state index contributed by atoms with van der Waals surface area (Å²) in [6.07, 6.45) is 1.56. The zero-order valence-corrected chi connectivity index (χ0v) is 11.7. The first-order valence-electron chi connectivity index (χ1n) is 6.23. The van der Waals surface area contributed by atoms with Gasteiger partial charge >= 0.3 is 0 Å². The molecule has 0 aliphatic rings. The molecule has 1 aromatic carbocycles. The van der Waals surface area contributed by atoms with Crippen molar-refractivity contribution in [1.29, 1.82) is 0 Å². The number of nitrogens with zero attached hydrogens (tertiary/aromatic N) is 5. The Morgan fingerprint density at radius 2 is 2.00 bits per heavy atom. The Balaban J connectivity index is 1.78. The van der Waals surface area contributed by atoms with Crippen LogP contribution in [0.25, 0.3) is 27.1 Å². The molecule has 0 spiro atoms. The molecule has 9 heteroatoms. The molecule has 0 radical (unpaired) electrons. The lowest BCUT2D eigenvalue weighted by molar-refractivity contribution is -0.384.